The second kappa shape index (κ2) is 5.20. The quantitative estimate of drug-likeness (QED) is 0.543. The van der Waals surface area contributed by atoms with Crippen molar-refractivity contribution in [2.24, 2.45) is 0 Å². The standard InChI is InChI=1S/C21H14N2O3/c1-26-15-9-5-8-13-17(15)18-14(22-13)10-12(11-6-3-2-4-7-11)16-19(18)21(25)23-20(16)24/h2-10,22H,1H3,(H,23,24,25). The molecule has 126 valence electrons. The molecule has 0 spiro atoms. The fourth-order valence-corrected chi connectivity index (χ4v) is 3.79. The van der Waals surface area contributed by atoms with Gasteiger partial charge in [0.2, 0.25) is 0 Å². The van der Waals surface area contributed by atoms with E-state index in [1.165, 1.54) is 0 Å². The van der Waals surface area contributed by atoms with E-state index in [9.17, 15) is 9.59 Å². The van der Waals surface area contributed by atoms with Crippen molar-refractivity contribution in [3.05, 3.63) is 65.7 Å². The van der Waals surface area contributed by atoms with E-state index in [1.54, 1.807) is 7.11 Å². The highest BCUT2D eigenvalue weighted by Gasteiger charge is 2.34. The van der Waals surface area contributed by atoms with Crippen LogP contribution in [0.4, 0.5) is 0 Å². The van der Waals surface area contributed by atoms with E-state index in [1.807, 2.05) is 54.6 Å². The van der Waals surface area contributed by atoms with Gasteiger partial charge in [0.1, 0.15) is 5.75 Å². The van der Waals surface area contributed by atoms with Gasteiger partial charge in [0.25, 0.3) is 11.8 Å². The van der Waals surface area contributed by atoms with Gasteiger partial charge in [-0.2, -0.15) is 0 Å². The number of hydrogen-bond acceptors (Lipinski definition) is 3. The number of methoxy groups -OCH3 is 1. The number of H-pyrrole nitrogens is 1. The molecule has 0 unspecified atom stereocenters. The van der Waals surface area contributed by atoms with Crippen molar-refractivity contribution in [2.45, 2.75) is 0 Å². The van der Waals surface area contributed by atoms with Crippen LogP contribution in [-0.2, 0) is 0 Å². The van der Waals surface area contributed by atoms with Gasteiger partial charge in [-0.1, -0.05) is 36.4 Å². The lowest BCUT2D eigenvalue weighted by Crippen LogP contribution is -2.20. The van der Waals surface area contributed by atoms with Gasteiger partial charge >= 0.3 is 0 Å². The number of carbonyl (C=O) groups excluding carboxylic acids is 2. The fourth-order valence-electron chi connectivity index (χ4n) is 3.79. The molecule has 2 amide bonds. The van der Waals surface area contributed by atoms with Crippen molar-refractivity contribution >= 4 is 33.6 Å². The number of benzene rings is 3. The molecule has 2 heterocycles. The van der Waals surface area contributed by atoms with E-state index >= 15 is 0 Å². The minimum atomic E-state index is -0.375. The van der Waals surface area contributed by atoms with Gasteiger partial charge in [-0.05, 0) is 29.3 Å². The van der Waals surface area contributed by atoms with E-state index in [0.717, 1.165) is 32.9 Å². The zero-order valence-corrected chi connectivity index (χ0v) is 13.9. The highest BCUT2D eigenvalue weighted by Crippen LogP contribution is 2.41. The Labute approximate surface area is 148 Å². The van der Waals surface area contributed by atoms with Crippen molar-refractivity contribution < 1.29 is 14.3 Å². The molecule has 0 radical (unpaired) electrons. The molecule has 5 nitrogen and oxygen atoms in total. The summed E-state index contributed by atoms with van der Waals surface area (Å²) in [6.45, 7) is 0. The number of ether oxygens (including phenoxy) is 1. The van der Waals surface area contributed by atoms with Crippen LogP contribution in [0.25, 0.3) is 32.9 Å². The summed E-state index contributed by atoms with van der Waals surface area (Å²) < 4.78 is 5.49. The summed E-state index contributed by atoms with van der Waals surface area (Å²) >= 11 is 0. The van der Waals surface area contributed by atoms with E-state index in [-0.39, 0.29) is 11.8 Å². The largest absolute Gasteiger partial charge is 0.496 e. The summed E-state index contributed by atoms with van der Waals surface area (Å²) in [5.41, 5.74) is 4.11. The smallest absolute Gasteiger partial charge is 0.259 e. The number of carbonyl (C=O) groups is 2. The topological polar surface area (TPSA) is 71.2 Å². The average Bonchev–Trinajstić information content (AvgIpc) is 3.18. The van der Waals surface area contributed by atoms with E-state index in [4.69, 9.17) is 4.74 Å². The zero-order chi connectivity index (χ0) is 17.8. The SMILES string of the molecule is COc1cccc2[nH]c3cc(-c4ccccc4)c4c(c3c12)C(=O)NC4=O. The number of rotatable bonds is 2. The van der Waals surface area contributed by atoms with Crippen molar-refractivity contribution in [2.75, 3.05) is 7.11 Å². The maximum atomic E-state index is 12.6. The molecule has 26 heavy (non-hydrogen) atoms. The molecular formula is C21H14N2O3. The molecule has 0 aliphatic carbocycles. The monoisotopic (exact) mass is 342 g/mol. The summed E-state index contributed by atoms with van der Waals surface area (Å²) in [6, 6.07) is 17.2. The Morgan fingerprint density at radius 1 is 0.808 bits per heavy atom. The molecule has 1 aliphatic rings. The second-order valence-corrected chi connectivity index (χ2v) is 6.25. The van der Waals surface area contributed by atoms with Crippen LogP contribution in [0.5, 0.6) is 5.75 Å². The Bertz CT molecular complexity index is 1220. The van der Waals surface area contributed by atoms with Crippen LogP contribution >= 0.6 is 0 Å². The summed E-state index contributed by atoms with van der Waals surface area (Å²) in [5, 5.41) is 3.97. The molecule has 4 aromatic rings. The van der Waals surface area contributed by atoms with Gasteiger partial charge in [-0.25, -0.2) is 0 Å². The van der Waals surface area contributed by atoms with Gasteiger partial charge in [-0.15, -0.1) is 0 Å². The third-order valence-corrected chi connectivity index (χ3v) is 4.86. The lowest BCUT2D eigenvalue weighted by Gasteiger charge is -2.08. The first-order valence-electron chi connectivity index (χ1n) is 8.25. The van der Waals surface area contributed by atoms with Crippen molar-refractivity contribution in [3.63, 3.8) is 0 Å². The van der Waals surface area contributed by atoms with Crippen LogP contribution in [0.1, 0.15) is 20.7 Å². The van der Waals surface area contributed by atoms with Crippen LogP contribution in [0.3, 0.4) is 0 Å². The van der Waals surface area contributed by atoms with Gasteiger partial charge in [0, 0.05) is 10.9 Å². The number of hydrogen-bond donors (Lipinski definition) is 2. The average molecular weight is 342 g/mol. The molecule has 5 rings (SSSR count). The zero-order valence-electron chi connectivity index (χ0n) is 13.9. The van der Waals surface area contributed by atoms with Crippen LogP contribution in [-0.4, -0.2) is 23.9 Å². The predicted octanol–water partition coefficient (Wildman–Crippen LogP) is 3.88. The Balaban J connectivity index is 2.00. The van der Waals surface area contributed by atoms with Crippen molar-refractivity contribution in [1.82, 2.24) is 10.3 Å². The summed E-state index contributed by atoms with van der Waals surface area (Å²) in [5.74, 6) is -0.0786. The lowest BCUT2D eigenvalue weighted by atomic mass is 9.93. The Morgan fingerprint density at radius 3 is 2.35 bits per heavy atom. The summed E-state index contributed by atoms with van der Waals surface area (Å²) in [4.78, 5) is 28.5. The predicted molar refractivity (Wildman–Crippen MR) is 99.6 cm³/mol. The second-order valence-electron chi connectivity index (χ2n) is 6.25. The maximum absolute atomic E-state index is 12.6. The summed E-state index contributed by atoms with van der Waals surface area (Å²) in [6.07, 6.45) is 0. The first kappa shape index (κ1) is 14.7. The molecule has 3 aromatic carbocycles. The van der Waals surface area contributed by atoms with E-state index in [2.05, 4.69) is 10.3 Å². The molecule has 0 saturated heterocycles. The van der Waals surface area contributed by atoms with Crippen molar-refractivity contribution in [3.8, 4) is 16.9 Å². The van der Waals surface area contributed by atoms with E-state index in [0.29, 0.717) is 16.9 Å². The third-order valence-electron chi connectivity index (χ3n) is 4.86. The molecule has 0 atom stereocenters. The van der Waals surface area contributed by atoms with Gasteiger partial charge in [-0.3, -0.25) is 14.9 Å². The molecular weight excluding hydrogens is 328 g/mol. The number of imide groups is 1. The molecule has 0 bridgehead atoms. The van der Waals surface area contributed by atoms with Crippen LogP contribution in [0, 0.1) is 0 Å². The summed E-state index contributed by atoms with van der Waals surface area (Å²) in [7, 11) is 1.59. The highest BCUT2D eigenvalue weighted by molar-refractivity contribution is 6.32. The Hall–Kier alpha value is -3.60. The number of amides is 2. The molecule has 0 fully saturated rings. The van der Waals surface area contributed by atoms with E-state index < -0.39 is 0 Å². The van der Waals surface area contributed by atoms with Gasteiger partial charge < -0.3 is 9.72 Å². The fraction of sp³-hybridized carbons (Fsp3) is 0.0476. The van der Waals surface area contributed by atoms with Crippen LogP contribution < -0.4 is 10.1 Å². The van der Waals surface area contributed by atoms with Gasteiger partial charge in [0.15, 0.2) is 0 Å². The number of nitrogens with one attached hydrogen (secondary N) is 2. The molecule has 0 saturated carbocycles. The highest BCUT2D eigenvalue weighted by atomic mass is 16.5. The minimum Gasteiger partial charge on any atom is -0.496 e. The lowest BCUT2D eigenvalue weighted by molar-refractivity contribution is 0.0880. The van der Waals surface area contributed by atoms with Crippen LogP contribution in [0.15, 0.2) is 54.6 Å². The molecule has 5 heteroatoms. The van der Waals surface area contributed by atoms with Crippen LogP contribution in [0.2, 0.25) is 0 Å². The first-order chi connectivity index (χ1) is 12.7. The molecule has 1 aromatic heterocycles. The third kappa shape index (κ3) is 1.85. The molecule has 1 aliphatic heterocycles. The van der Waals surface area contributed by atoms with Crippen molar-refractivity contribution in [1.29, 1.82) is 0 Å². The molecule has 2 N–H and O–H groups in total. The maximum Gasteiger partial charge on any atom is 0.259 e. The number of aromatic amines is 1. The Kier molecular flexibility index (Phi) is 2.94. The first-order valence-corrected chi connectivity index (χ1v) is 8.25. The minimum absolute atomic E-state index is 0.366. The Morgan fingerprint density at radius 2 is 1.58 bits per heavy atom. The number of aromatic nitrogens is 1. The van der Waals surface area contributed by atoms with Gasteiger partial charge in [0.05, 0.1) is 29.1 Å². The normalized spacial score (nSPS) is 13.3. The number of fused-ring (bicyclic) bond motifs is 5.